The summed E-state index contributed by atoms with van der Waals surface area (Å²) in [5.41, 5.74) is 3.03. The Bertz CT molecular complexity index is 246. The van der Waals surface area contributed by atoms with Crippen molar-refractivity contribution in [2.75, 3.05) is 0 Å². The lowest BCUT2D eigenvalue weighted by molar-refractivity contribution is -0.166. The third-order valence-electron chi connectivity index (χ3n) is 3.33. The smallest absolute Gasteiger partial charge is 0.330 e. The number of carboxylic acid groups (broad SMARTS) is 1. The highest BCUT2D eigenvalue weighted by Crippen LogP contribution is 2.40. The van der Waals surface area contributed by atoms with E-state index in [1.807, 2.05) is 0 Å². The summed E-state index contributed by atoms with van der Waals surface area (Å²) in [6, 6.07) is 0. The molecular formula is C10H17F2NO2. The van der Waals surface area contributed by atoms with E-state index in [0.717, 1.165) is 19.3 Å². The zero-order valence-electron chi connectivity index (χ0n) is 8.80. The van der Waals surface area contributed by atoms with Crippen LogP contribution in [-0.4, -0.2) is 22.5 Å². The van der Waals surface area contributed by atoms with Gasteiger partial charge in [-0.25, -0.2) is 13.6 Å². The maximum Gasteiger partial charge on any atom is 0.330 e. The number of halogens is 2. The molecule has 88 valence electrons. The quantitative estimate of drug-likeness (QED) is 0.766. The van der Waals surface area contributed by atoms with Gasteiger partial charge in [0, 0.05) is 6.92 Å². The van der Waals surface area contributed by atoms with Gasteiger partial charge in [-0.05, 0) is 18.8 Å². The number of aliphatic carboxylic acids is 1. The van der Waals surface area contributed by atoms with Crippen LogP contribution in [0.1, 0.15) is 39.0 Å². The SMILES string of the molecule is CC(F)(F)C(N)(C(=O)O)C1CCCCC1. The number of nitrogens with two attached hydrogens (primary N) is 1. The lowest BCUT2D eigenvalue weighted by atomic mass is 9.72. The van der Waals surface area contributed by atoms with Crippen LogP contribution in [0.2, 0.25) is 0 Å². The van der Waals surface area contributed by atoms with E-state index in [9.17, 15) is 13.6 Å². The van der Waals surface area contributed by atoms with Gasteiger partial charge >= 0.3 is 5.97 Å². The Hall–Kier alpha value is -0.710. The number of hydrogen-bond acceptors (Lipinski definition) is 2. The third-order valence-corrected chi connectivity index (χ3v) is 3.33. The van der Waals surface area contributed by atoms with Crippen molar-refractivity contribution < 1.29 is 18.7 Å². The minimum Gasteiger partial charge on any atom is -0.480 e. The molecule has 1 unspecified atom stereocenters. The first kappa shape index (κ1) is 12.4. The summed E-state index contributed by atoms with van der Waals surface area (Å²) in [6.45, 7) is 0.593. The Labute approximate surface area is 87.6 Å². The van der Waals surface area contributed by atoms with Gasteiger partial charge in [-0.3, -0.25) is 0 Å². The van der Waals surface area contributed by atoms with Crippen LogP contribution in [0.5, 0.6) is 0 Å². The molecule has 1 rings (SSSR count). The summed E-state index contributed by atoms with van der Waals surface area (Å²) in [5.74, 6) is -5.61. The maximum absolute atomic E-state index is 13.3. The van der Waals surface area contributed by atoms with E-state index in [0.29, 0.717) is 19.8 Å². The molecule has 0 spiro atoms. The van der Waals surface area contributed by atoms with Crippen LogP contribution in [-0.2, 0) is 4.79 Å². The number of rotatable bonds is 3. The molecule has 1 aliphatic rings. The van der Waals surface area contributed by atoms with E-state index in [1.54, 1.807) is 0 Å². The molecule has 3 N–H and O–H groups in total. The number of carboxylic acids is 1. The third kappa shape index (κ3) is 2.12. The Morgan fingerprint density at radius 2 is 1.80 bits per heavy atom. The van der Waals surface area contributed by atoms with E-state index < -0.39 is 23.3 Å². The predicted molar refractivity (Wildman–Crippen MR) is 51.8 cm³/mol. The van der Waals surface area contributed by atoms with Crippen molar-refractivity contribution in [1.29, 1.82) is 0 Å². The molecule has 0 aromatic rings. The molecule has 0 radical (unpaired) electrons. The van der Waals surface area contributed by atoms with E-state index in [4.69, 9.17) is 10.8 Å². The standard InChI is InChI=1S/C10H17F2NO2/c1-9(11,12)10(13,8(14)15)7-5-3-2-4-6-7/h7H,2-6,13H2,1H3,(H,14,15). The molecule has 1 atom stereocenters. The lowest BCUT2D eigenvalue weighted by Crippen LogP contribution is -2.65. The normalized spacial score (nSPS) is 23.5. The summed E-state index contributed by atoms with van der Waals surface area (Å²) < 4.78 is 26.6. The molecule has 1 fully saturated rings. The molecule has 0 amide bonds. The average Bonchev–Trinajstić information content (AvgIpc) is 2.16. The minimum absolute atomic E-state index is 0.478. The molecule has 0 bridgehead atoms. The zero-order valence-corrected chi connectivity index (χ0v) is 8.80. The summed E-state index contributed by atoms with van der Waals surface area (Å²) in [4.78, 5) is 11.0. The largest absolute Gasteiger partial charge is 0.480 e. The highest BCUT2D eigenvalue weighted by molar-refractivity contribution is 5.80. The van der Waals surface area contributed by atoms with E-state index in [2.05, 4.69) is 0 Å². The van der Waals surface area contributed by atoms with Gasteiger partial charge in [0.1, 0.15) is 0 Å². The topological polar surface area (TPSA) is 63.3 Å². The second kappa shape index (κ2) is 4.04. The Morgan fingerprint density at radius 3 is 2.13 bits per heavy atom. The maximum atomic E-state index is 13.3. The van der Waals surface area contributed by atoms with E-state index in [1.165, 1.54) is 0 Å². The minimum atomic E-state index is -3.39. The summed E-state index contributed by atoms with van der Waals surface area (Å²) in [5, 5.41) is 8.92. The molecule has 0 aromatic carbocycles. The lowest BCUT2D eigenvalue weighted by Gasteiger charge is -2.39. The molecule has 1 saturated carbocycles. The van der Waals surface area contributed by atoms with Crippen LogP contribution >= 0.6 is 0 Å². The molecule has 1 aliphatic carbocycles. The number of carbonyl (C=O) groups is 1. The highest BCUT2D eigenvalue weighted by Gasteiger charge is 2.58. The zero-order chi connectivity index (χ0) is 11.7. The molecule has 0 saturated heterocycles. The predicted octanol–water partition coefficient (Wildman–Crippen LogP) is 2.00. The van der Waals surface area contributed by atoms with Crippen molar-refractivity contribution in [3.63, 3.8) is 0 Å². The van der Waals surface area contributed by atoms with Crippen LogP contribution in [0.25, 0.3) is 0 Å². The Kier molecular flexibility index (Phi) is 3.33. The van der Waals surface area contributed by atoms with Crippen molar-refractivity contribution >= 4 is 5.97 Å². The van der Waals surface area contributed by atoms with Crippen LogP contribution < -0.4 is 5.73 Å². The van der Waals surface area contributed by atoms with Gasteiger partial charge in [0.2, 0.25) is 0 Å². The van der Waals surface area contributed by atoms with Gasteiger partial charge in [0.15, 0.2) is 5.54 Å². The second-order valence-corrected chi connectivity index (χ2v) is 4.40. The highest BCUT2D eigenvalue weighted by atomic mass is 19.3. The number of hydrogen-bond donors (Lipinski definition) is 2. The van der Waals surface area contributed by atoms with Crippen molar-refractivity contribution in [2.45, 2.75) is 50.5 Å². The van der Waals surface area contributed by atoms with Gasteiger partial charge in [0.05, 0.1) is 0 Å². The van der Waals surface area contributed by atoms with Gasteiger partial charge < -0.3 is 10.8 Å². The van der Waals surface area contributed by atoms with Crippen molar-refractivity contribution in [3.05, 3.63) is 0 Å². The van der Waals surface area contributed by atoms with E-state index >= 15 is 0 Å². The van der Waals surface area contributed by atoms with Crippen LogP contribution in [0.15, 0.2) is 0 Å². The van der Waals surface area contributed by atoms with Gasteiger partial charge in [-0.2, -0.15) is 0 Å². The van der Waals surface area contributed by atoms with Crippen LogP contribution in [0.4, 0.5) is 8.78 Å². The summed E-state index contributed by atoms with van der Waals surface area (Å²) in [6.07, 6.45) is 3.50. The second-order valence-electron chi connectivity index (χ2n) is 4.40. The van der Waals surface area contributed by atoms with Gasteiger partial charge in [-0.15, -0.1) is 0 Å². The molecule has 3 nitrogen and oxygen atoms in total. The molecule has 0 aromatic heterocycles. The Balaban J connectivity index is 2.94. The fourth-order valence-electron chi connectivity index (χ4n) is 2.28. The molecule has 0 aliphatic heterocycles. The molecule has 5 heteroatoms. The van der Waals surface area contributed by atoms with Crippen LogP contribution in [0.3, 0.4) is 0 Å². The molecule has 0 heterocycles. The van der Waals surface area contributed by atoms with Gasteiger partial charge in [0.25, 0.3) is 5.92 Å². The monoisotopic (exact) mass is 221 g/mol. The van der Waals surface area contributed by atoms with Crippen molar-refractivity contribution in [3.8, 4) is 0 Å². The first-order valence-electron chi connectivity index (χ1n) is 5.20. The molecule has 15 heavy (non-hydrogen) atoms. The first-order valence-corrected chi connectivity index (χ1v) is 5.20. The van der Waals surface area contributed by atoms with Gasteiger partial charge in [-0.1, -0.05) is 19.3 Å². The van der Waals surface area contributed by atoms with E-state index in [-0.39, 0.29) is 0 Å². The average molecular weight is 221 g/mol. The Morgan fingerprint density at radius 1 is 1.33 bits per heavy atom. The molecular weight excluding hydrogens is 204 g/mol. The fraction of sp³-hybridized carbons (Fsp3) is 0.900. The summed E-state index contributed by atoms with van der Waals surface area (Å²) >= 11 is 0. The summed E-state index contributed by atoms with van der Waals surface area (Å²) in [7, 11) is 0. The fourth-order valence-corrected chi connectivity index (χ4v) is 2.28. The van der Waals surface area contributed by atoms with Crippen molar-refractivity contribution in [2.24, 2.45) is 11.7 Å². The van der Waals surface area contributed by atoms with Crippen LogP contribution in [0, 0.1) is 5.92 Å². The number of alkyl halides is 2. The van der Waals surface area contributed by atoms with Crippen molar-refractivity contribution in [1.82, 2.24) is 0 Å². The first-order chi connectivity index (χ1) is 6.80.